The van der Waals surface area contributed by atoms with Gasteiger partial charge in [0.15, 0.2) is 0 Å². The molecule has 0 spiro atoms. The van der Waals surface area contributed by atoms with Gasteiger partial charge in [0, 0.05) is 5.92 Å². The predicted molar refractivity (Wildman–Crippen MR) is 55.0 cm³/mol. The maximum absolute atomic E-state index is 10.6. The lowest BCUT2D eigenvalue weighted by Crippen LogP contribution is -1.97. The fourth-order valence-corrected chi connectivity index (χ4v) is 1.33. The average Bonchev–Trinajstić information content (AvgIpc) is 2.27. The molecule has 1 rings (SSSR count). The molecule has 1 atom stereocenters. The van der Waals surface area contributed by atoms with Crippen LogP contribution in [0.2, 0.25) is 0 Å². The van der Waals surface area contributed by atoms with Crippen LogP contribution in [0.5, 0.6) is 0 Å². The second-order valence-corrected chi connectivity index (χ2v) is 3.35. The Hall–Kier alpha value is -1.62. The molecular formula is C12H13NO. The van der Waals surface area contributed by atoms with E-state index in [0.29, 0.717) is 5.56 Å². The number of hydrogen-bond acceptors (Lipinski definition) is 2. The van der Waals surface area contributed by atoms with Crippen LogP contribution >= 0.6 is 0 Å². The molecule has 0 saturated carbocycles. The summed E-state index contributed by atoms with van der Waals surface area (Å²) in [6, 6.07) is 7.73. The maximum Gasteiger partial charge on any atom is 0.127 e. The molecule has 0 radical (unpaired) electrons. The molecule has 0 aliphatic rings. The van der Waals surface area contributed by atoms with E-state index in [1.807, 2.05) is 26.0 Å². The Balaban J connectivity index is 3.18. The lowest BCUT2D eigenvalue weighted by molar-refractivity contribution is -0.108. The highest BCUT2D eigenvalue weighted by molar-refractivity contribution is 5.62. The number of aldehydes is 1. The van der Waals surface area contributed by atoms with Gasteiger partial charge in [0.1, 0.15) is 6.29 Å². The zero-order valence-electron chi connectivity index (χ0n) is 8.45. The largest absolute Gasteiger partial charge is 0.303 e. The number of nitrogens with zero attached hydrogens (tertiary/aromatic N) is 1. The van der Waals surface area contributed by atoms with Gasteiger partial charge in [0.05, 0.1) is 11.6 Å². The van der Waals surface area contributed by atoms with Crippen molar-refractivity contribution >= 4 is 6.29 Å². The normalized spacial score (nSPS) is 11.8. The fraction of sp³-hybridized carbons (Fsp3) is 0.333. The van der Waals surface area contributed by atoms with E-state index in [0.717, 1.165) is 23.8 Å². The molecular weight excluding hydrogens is 174 g/mol. The van der Waals surface area contributed by atoms with E-state index < -0.39 is 0 Å². The van der Waals surface area contributed by atoms with Gasteiger partial charge in [0.2, 0.25) is 0 Å². The van der Waals surface area contributed by atoms with Crippen LogP contribution in [0.3, 0.4) is 0 Å². The minimum absolute atomic E-state index is 0.131. The first kappa shape index (κ1) is 10.5. The molecule has 2 nitrogen and oxygen atoms in total. The van der Waals surface area contributed by atoms with Crippen LogP contribution in [0.1, 0.15) is 36.5 Å². The van der Waals surface area contributed by atoms with E-state index in [4.69, 9.17) is 5.26 Å². The summed E-state index contributed by atoms with van der Waals surface area (Å²) in [6.07, 6.45) is 1.78. The van der Waals surface area contributed by atoms with Gasteiger partial charge in [-0.15, -0.1) is 0 Å². The summed E-state index contributed by atoms with van der Waals surface area (Å²) in [5, 5.41) is 8.80. The number of carbonyl (C=O) groups excluding carboxylic acids is 1. The van der Waals surface area contributed by atoms with Gasteiger partial charge in [-0.2, -0.15) is 5.26 Å². The Bertz CT molecular complexity index is 376. The van der Waals surface area contributed by atoms with E-state index in [-0.39, 0.29) is 5.92 Å². The van der Waals surface area contributed by atoms with Crippen LogP contribution in [0, 0.1) is 11.3 Å². The van der Waals surface area contributed by atoms with Crippen molar-refractivity contribution in [3.05, 3.63) is 34.9 Å². The zero-order chi connectivity index (χ0) is 10.6. The van der Waals surface area contributed by atoms with Crippen molar-refractivity contribution in [2.45, 2.75) is 26.2 Å². The summed E-state index contributed by atoms with van der Waals surface area (Å²) < 4.78 is 0. The molecule has 72 valence electrons. The summed E-state index contributed by atoms with van der Waals surface area (Å²) in [4.78, 5) is 10.6. The van der Waals surface area contributed by atoms with Crippen molar-refractivity contribution in [1.29, 1.82) is 5.26 Å². The fourth-order valence-electron chi connectivity index (χ4n) is 1.33. The van der Waals surface area contributed by atoms with E-state index in [2.05, 4.69) is 6.07 Å². The third-order valence-electron chi connectivity index (χ3n) is 2.28. The quantitative estimate of drug-likeness (QED) is 0.682. The van der Waals surface area contributed by atoms with E-state index in [1.54, 1.807) is 6.07 Å². The lowest BCUT2D eigenvalue weighted by Gasteiger charge is -2.06. The molecule has 1 aromatic rings. The van der Waals surface area contributed by atoms with Crippen LogP contribution in [-0.2, 0) is 11.2 Å². The highest BCUT2D eigenvalue weighted by atomic mass is 16.1. The average molecular weight is 187 g/mol. The summed E-state index contributed by atoms with van der Waals surface area (Å²) >= 11 is 0. The van der Waals surface area contributed by atoms with Gasteiger partial charge >= 0.3 is 0 Å². The zero-order valence-corrected chi connectivity index (χ0v) is 8.45. The van der Waals surface area contributed by atoms with Gasteiger partial charge in [-0.3, -0.25) is 0 Å². The Morgan fingerprint density at radius 1 is 1.50 bits per heavy atom. The summed E-state index contributed by atoms with van der Waals surface area (Å²) in [5.41, 5.74) is 2.66. The van der Waals surface area contributed by atoms with Gasteiger partial charge in [-0.1, -0.05) is 19.9 Å². The van der Waals surface area contributed by atoms with E-state index >= 15 is 0 Å². The van der Waals surface area contributed by atoms with Crippen LogP contribution in [0.25, 0.3) is 0 Å². The molecule has 14 heavy (non-hydrogen) atoms. The van der Waals surface area contributed by atoms with Gasteiger partial charge < -0.3 is 4.79 Å². The number of nitriles is 1. The first-order valence-corrected chi connectivity index (χ1v) is 4.70. The Kier molecular flexibility index (Phi) is 3.41. The molecule has 0 fully saturated rings. The van der Waals surface area contributed by atoms with E-state index in [1.165, 1.54) is 0 Å². The first-order chi connectivity index (χ1) is 6.71. The smallest absolute Gasteiger partial charge is 0.127 e. The van der Waals surface area contributed by atoms with Crippen molar-refractivity contribution in [3.8, 4) is 6.07 Å². The number of carbonyl (C=O) groups is 1. The van der Waals surface area contributed by atoms with Gasteiger partial charge in [0.25, 0.3) is 0 Å². The van der Waals surface area contributed by atoms with Crippen molar-refractivity contribution < 1.29 is 4.79 Å². The van der Waals surface area contributed by atoms with Crippen LogP contribution in [-0.4, -0.2) is 6.29 Å². The third kappa shape index (κ3) is 2.20. The molecule has 0 aliphatic carbocycles. The molecule has 0 saturated heterocycles. The maximum atomic E-state index is 10.6. The minimum Gasteiger partial charge on any atom is -0.303 e. The number of aryl methyl sites for hydroxylation is 1. The molecule has 2 heteroatoms. The molecule has 0 N–H and O–H groups in total. The summed E-state index contributed by atoms with van der Waals surface area (Å²) in [5.74, 6) is -0.131. The van der Waals surface area contributed by atoms with Crippen molar-refractivity contribution in [2.75, 3.05) is 0 Å². The summed E-state index contributed by atoms with van der Waals surface area (Å²) in [7, 11) is 0. The predicted octanol–water partition coefficient (Wildman–Crippen LogP) is 2.42. The molecule has 1 unspecified atom stereocenters. The standard InChI is InChI=1S/C12H13NO/c1-3-10-4-11(7-13)6-12(5-10)9(2)8-14/h4-6,8-9H,3H2,1-2H3. The molecule has 0 heterocycles. The second-order valence-electron chi connectivity index (χ2n) is 3.35. The van der Waals surface area contributed by atoms with Crippen LogP contribution in [0.15, 0.2) is 18.2 Å². The Morgan fingerprint density at radius 3 is 2.71 bits per heavy atom. The van der Waals surface area contributed by atoms with Gasteiger partial charge in [-0.05, 0) is 29.7 Å². The lowest BCUT2D eigenvalue weighted by atomic mass is 9.97. The number of hydrogen-bond donors (Lipinski definition) is 0. The van der Waals surface area contributed by atoms with Crippen LogP contribution in [0.4, 0.5) is 0 Å². The third-order valence-corrected chi connectivity index (χ3v) is 2.28. The number of rotatable bonds is 3. The first-order valence-electron chi connectivity index (χ1n) is 4.70. The van der Waals surface area contributed by atoms with Crippen molar-refractivity contribution in [3.63, 3.8) is 0 Å². The Morgan fingerprint density at radius 2 is 2.21 bits per heavy atom. The summed E-state index contributed by atoms with van der Waals surface area (Å²) in [6.45, 7) is 3.87. The molecule has 0 amide bonds. The van der Waals surface area contributed by atoms with Gasteiger partial charge in [-0.25, -0.2) is 0 Å². The van der Waals surface area contributed by atoms with Crippen molar-refractivity contribution in [1.82, 2.24) is 0 Å². The molecule has 1 aromatic carbocycles. The second kappa shape index (κ2) is 4.57. The van der Waals surface area contributed by atoms with Crippen LogP contribution < -0.4 is 0 Å². The molecule has 0 aromatic heterocycles. The molecule has 0 aliphatic heterocycles. The highest BCUT2D eigenvalue weighted by Crippen LogP contribution is 2.17. The molecule has 0 bridgehead atoms. The van der Waals surface area contributed by atoms with Crippen molar-refractivity contribution in [2.24, 2.45) is 0 Å². The number of benzene rings is 1. The minimum atomic E-state index is -0.131. The topological polar surface area (TPSA) is 40.9 Å². The van der Waals surface area contributed by atoms with E-state index in [9.17, 15) is 4.79 Å². The highest BCUT2D eigenvalue weighted by Gasteiger charge is 2.06. The SMILES string of the molecule is CCc1cc(C#N)cc(C(C)C=O)c1. The Labute approximate surface area is 84.2 Å². The monoisotopic (exact) mass is 187 g/mol.